The first-order valence-electron chi connectivity index (χ1n) is 2.99. The van der Waals surface area contributed by atoms with Gasteiger partial charge in [0.25, 0.3) is 0 Å². The fourth-order valence-electron chi connectivity index (χ4n) is 0.818. The van der Waals surface area contributed by atoms with Crippen molar-refractivity contribution in [2.75, 3.05) is 0 Å². The second-order valence-electron chi connectivity index (χ2n) is 2.14. The van der Waals surface area contributed by atoms with Crippen molar-refractivity contribution in [2.24, 2.45) is 5.14 Å². The lowest BCUT2D eigenvalue weighted by molar-refractivity contribution is 0.601. The van der Waals surface area contributed by atoms with E-state index in [1.54, 1.807) is 12.2 Å². The molecular formula is C6H9NO2S. The quantitative estimate of drug-likeness (QED) is 0.606. The van der Waals surface area contributed by atoms with Crippen molar-refractivity contribution in [3.63, 3.8) is 0 Å². The largest absolute Gasteiger partial charge is 0.234 e. The monoisotopic (exact) mass is 159 g/mol. The predicted octanol–water partition coefficient (Wildman–Crippen LogP) is 0.509. The van der Waals surface area contributed by atoms with Crippen LogP contribution in [0.5, 0.6) is 0 Å². The molecular weight excluding hydrogens is 150 g/mol. The van der Waals surface area contributed by atoms with E-state index in [4.69, 9.17) is 5.14 Å². The highest BCUT2D eigenvalue weighted by molar-refractivity contribution is 7.93. The summed E-state index contributed by atoms with van der Waals surface area (Å²) in [5, 5.41) is 4.88. The average molecular weight is 159 g/mol. The van der Waals surface area contributed by atoms with Crippen molar-refractivity contribution < 1.29 is 8.42 Å². The zero-order valence-corrected chi connectivity index (χ0v) is 6.26. The highest BCUT2D eigenvalue weighted by Crippen LogP contribution is 2.14. The van der Waals surface area contributed by atoms with Gasteiger partial charge in [-0.3, -0.25) is 0 Å². The predicted molar refractivity (Wildman–Crippen MR) is 39.6 cm³/mol. The highest BCUT2D eigenvalue weighted by atomic mass is 32.2. The minimum atomic E-state index is -3.42. The van der Waals surface area contributed by atoms with E-state index in [9.17, 15) is 8.42 Å². The summed E-state index contributed by atoms with van der Waals surface area (Å²) in [4.78, 5) is 0.329. The van der Waals surface area contributed by atoms with Crippen molar-refractivity contribution in [2.45, 2.75) is 12.8 Å². The van der Waals surface area contributed by atoms with Crippen LogP contribution in [0.1, 0.15) is 12.8 Å². The van der Waals surface area contributed by atoms with E-state index in [-0.39, 0.29) is 0 Å². The maximum absolute atomic E-state index is 10.7. The second-order valence-corrected chi connectivity index (χ2v) is 3.76. The number of sulfonamides is 1. The molecule has 1 aliphatic carbocycles. The van der Waals surface area contributed by atoms with Crippen molar-refractivity contribution in [1.29, 1.82) is 0 Å². The van der Waals surface area contributed by atoms with Gasteiger partial charge in [-0.15, -0.1) is 0 Å². The van der Waals surface area contributed by atoms with Crippen LogP contribution in [-0.4, -0.2) is 8.42 Å². The summed E-state index contributed by atoms with van der Waals surface area (Å²) in [6.45, 7) is 0. The number of hydrogen-bond acceptors (Lipinski definition) is 2. The third-order valence-electron chi connectivity index (χ3n) is 1.34. The Balaban J connectivity index is 2.93. The maximum atomic E-state index is 10.7. The van der Waals surface area contributed by atoms with Crippen LogP contribution in [0.25, 0.3) is 0 Å². The van der Waals surface area contributed by atoms with E-state index in [0.29, 0.717) is 11.3 Å². The normalized spacial score (nSPS) is 18.7. The van der Waals surface area contributed by atoms with E-state index in [1.807, 2.05) is 6.08 Å². The van der Waals surface area contributed by atoms with Gasteiger partial charge >= 0.3 is 0 Å². The van der Waals surface area contributed by atoms with Gasteiger partial charge in [-0.2, -0.15) is 0 Å². The molecule has 0 saturated carbocycles. The molecule has 1 rings (SSSR count). The molecule has 0 saturated heterocycles. The molecule has 0 amide bonds. The summed E-state index contributed by atoms with van der Waals surface area (Å²) in [5.41, 5.74) is 0. The van der Waals surface area contributed by atoms with Gasteiger partial charge < -0.3 is 0 Å². The van der Waals surface area contributed by atoms with Gasteiger partial charge in [0.1, 0.15) is 0 Å². The Hall–Kier alpha value is -0.610. The highest BCUT2D eigenvalue weighted by Gasteiger charge is 2.11. The molecule has 0 radical (unpaired) electrons. The molecule has 0 fully saturated rings. The first-order valence-corrected chi connectivity index (χ1v) is 4.54. The number of rotatable bonds is 1. The standard InChI is InChI=1S/C6H9NO2S/c7-10(8,9)6-4-2-1-3-5-6/h1-2,4H,3,5H2,(H2,7,8,9). The molecule has 10 heavy (non-hydrogen) atoms. The maximum Gasteiger partial charge on any atom is 0.234 e. The van der Waals surface area contributed by atoms with E-state index >= 15 is 0 Å². The second kappa shape index (κ2) is 2.56. The molecule has 0 spiro atoms. The Morgan fingerprint density at radius 1 is 1.50 bits per heavy atom. The first kappa shape index (κ1) is 7.50. The third kappa shape index (κ3) is 1.68. The van der Waals surface area contributed by atoms with E-state index in [0.717, 1.165) is 6.42 Å². The summed E-state index contributed by atoms with van der Waals surface area (Å²) in [6.07, 6.45) is 6.47. The van der Waals surface area contributed by atoms with E-state index < -0.39 is 10.0 Å². The van der Waals surface area contributed by atoms with Crippen LogP contribution >= 0.6 is 0 Å². The molecule has 0 heterocycles. The Morgan fingerprint density at radius 3 is 2.50 bits per heavy atom. The Kier molecular flexibility index (Phi) is 1.92. The topological polar surface area (TPSA) is 60.2 Å². The summed E-state index contributed by atoms with van der Waals surface area (Å²) in [5.74, 6) is 0. The minimum Gasteiger partial charge on any atom is -0.225 e. The minimum absolute atomic E-state index is 0.329. The fraction of sp³-hybridized carbons (Fsp3) is 0.333. The Labute approximate surface area is 60.3 Å². The Morgan fingerprint density at radius 2 is 2.20 bits per heavy atom. The number of nitrogens with two attached hydrogens (primary N) is 1. The SMILES string of the molecule is NS(=O)(=O)C1=CC=CCC1. The molecule has 3 nitrogen and oxygen atoms in total. The van der Waals surface area contributed by atoms with E-state index in [1.165, 1.54) is 0 Å². The van der Waals surface area contributed by atoms with Gasteiger partial charge in [0.15, 0.2) is 0 Å². The number of allylic oxidation sites excluding steroid dienone is 4. The van der Waals surface area contributed by atoms with Gasteiger partial charge in [-0.25, -0.2) is 13.6 Å². The Bertz CT molecular complexity index is 274. The van der Waals surface area contributed by atoms with Gasteiger partial charge in [0.2, 0.25) is 10.0 Å². The smallest absolute Gasteiger partial charge is 0.225 e. The first-order chi connectivity index (χ1) is 4.61. The van der Waals surface area contributed by atoms with Gasteiger partial charge in [0.05, 0.1) is 4.91 Å². The lowest BCUT2D eigenvalue weighted by Crippen LogP contribution is -2.15. The zero-order chi connectivity index (χ0) is 7.61. The van der Waals surface area contributed by atoms with Crippen molar-refractivity contribution >= 4 is 10.0 Å². The molecule has 0 aromatic heterocycles. The summed E-state index contributed by atoms with van der Waals surface area (Å²) >= 11 is 0. The summed E-state index contributed by atoms with van der Waals surface area (Å²) < 4.78 is 21.3. The lowest BCUT2D eigenvalue weighted by atomic mass is 10.2. The van der Waals surface area contributed by atoms with Crippen LogP contribution in [0.2, 0.25) is 0 Å². The molecule has 4 heteroatoms. The summed E-state index contributed by atoms with van der Waals surface area (Å²) in [7, 11) is -3.42. The van der Waals surface area contributed by atoms with Crippen LogP contribution in [-0.2, 0) is 10.0 Å². The van der Waals surface area contributed by atoms with Crippen LogP contribution < -0.4 is 5.14 Å². The van der Waals surface area contributed by atoms with Gasteiger partial charge in [-0.05, 0) is 18.9 Å². The molecule has 0 aromatic carbocycles. The van der Waals surface area contributed by atoms with Crippen LogP contribution in [0.3, 0.4) is 0 Å². The number of hydrogen-bond donors (Lipinski definition) is 1. The number of primary sulfonamides is 1. The molecule has 0 unspecified atom stereocenters. The molecule has 2 N–H and O–H groups in total. The van der Waals surface area contributed by atoms with E-state index in [2.05, 4.69) is 0 Å². The van der Waals surface area contributed by atoms with Crippen LogP contribution in [0.4, 0.5) is 0 Å². The summed E-state index contributed by atoms with van der Waals surface area (Å²) in [6, 6.07) is 0. The molecule has 0 aliphatic heterocycles. The molecule has 0 atom stereocenters. The van der Waals surface area contributed by atoms with Crippen molar-refractivity contribution in [1.82, 2.24) is 0 Å². The van der Waals surface area contributed by atoms with Crippen molar-refractivity contribution in [3.05, 3.63) is 23.1 Å². The fourth-order valence-corrected chi connectivity index (χ4v) is 1.49. The lowest BCUT2D eigenvalue weighted by Gasteiger charge is -2.04. The zero-order valence-electron chi connectivity index (χ0n) is 5.45. The van der Waals surface area contributed by atoms with Crippen LogP contribution in [0.15, 0.2) is 23.1 Å². The molecule has 56 valence electrons. The average Bonchev–Trinajstić information content (AvgIpc) is 1.88. The molecule has 0 bridgehead atoms. The van der Waals surface area contributed by atoms with Gasteiger partial charge in [0, 0.05) is 0 Å². The third-order valence-corrected chi connectivity index (χ3v) is 2.41. The molecule has 0 aromatic rings. The molecule has 1 aliphatic rings. The van der Waals surface area contributed by atoms with Crippen molar-refractivity contribution in [3.8, 4) is 0 Å². The van der Waals surface area contributed by atoms with Crippen LogP contribution in [0, 0.1) is 0 Å². The van der Waals surface area contributed by atoms with Gasteiger partial charge in [-0.1, -0.05) is 12.2 Å².